The fraction of sp³-hybridized carbons (Fsp3) is 0.300. The molecule has 0 unspecified atom stereocenters. The molecule has 0 saturated heterocycles. The molecule has 2 rings (SSSR count). The normalized spacial score (nSPS) is 10.7. The lowest BCUT2D eigenvalue weighted by atomic mass is 10.3. The van der Waals surface area contributed by atoms with Crippen LogP contribution in [-0.4, -0.2) is 21.2 Å². The maximum atomic E-state index is 11.4. The number of rotatable bonds is 2. The van der Waals surface area contributed by atoms with E-state index < -0.39 is 0 Å². The first-order valence-electron chi connectivity index (χ1n) is 4.70. The number of thiazole rings is 1. The Labute approximate surface area is 101 Å². The largest absolute Gasteiger partial charge is 0.301 e. The predicted molar refractivity (Wildman–Crippen MR) is 67.2 cm³/mol. The number of aryl methyl sites for hydroxylation is 2. The first-order chi connectivity index (χ1) is 7.60. The Kier molecular flexibility index (Phi) is 3.11. The third-order valence-electron chi connectivity index (χ3n) is 2.05. The topological polar surface area (TPSA) is 58.6 Å². The lowest BCUT2D eigenvalue weighted by Crippen LogP contribution is -2.07. The van der Waals surface area contributed by atoms with Gasteiger partial charge in [-0.1, -0.05) is 11.8 Å². The van der Waals surface area contributed by atoms with Gasteiger partial charge in [0, 0.05) is 6.07 Å². The molecule has 2 heterocycles. The molecule has 0 amide bonds. The van der Waals surface area contributed by atoms with Crippen LogP contribution in [0, 0.1) is 13.8 Å². The summed E-state index contributed by atoms with van der Waals surface area (Å²) < 4.78 is 0. The summed E-state index contributed by atoms with van der Waals surface area (Å²) in [5.74, 6) is 0. The van der Waals surface area contributed by atoms with E-state index in [1.54, 1.807) is 11.3 Å². The predicted octanol–water partition coefficient (Wildman–Crippen LogP) is 2.23. The molecule has 0 aliphatic heterocycles. The Morgan fingerprint density at radius 1 is 1.38 bits per heavy atom. The Morgan fingerprint density at radius 2 is 2.12 bits per heavy atom. The van der Waals surface area contributed by atoms with Gasteiger partial charge in [0.1, 0.15) is 0 Å². The molecule has 0 saturated carbocycles. The van der Waals surface area contributed by atoms with Crippen LogP contribution in [0.3, 0.4) is 0 Å². The maximum Gasteiger partial charge on any atom is 0.252 e. The SMILES string of the molecule is CSc1nc(-c2sc(C)nc2C)cc(=O)[nH]1. The average molecular weight is 253 g/mol. The van der Waals surface area contributed by atoms with Crippen molar-refractivity contribution in [1.29, 1.82) is 0 Å². The third-order valence-corrected chi connectivity index (χ3v) is 3.72. The monoisotopic (exact) mass is 253 g/mol. The molecule has 2 aromatic rings. The second-order valence-electron chi connectivity index (χ2n) is 3.29. The molecule has 6 heteroatoms. The number of H-pyrrole nitrogens is 1. The zero-order chi connectivity index (χ0) is 11.7. The van der Waals surface area contributed by atoms with E-state index in [1.807, 2.05) is 20.1 Å². The summed E-state index contributed by atoms with van der Waals surface area (Å²) in [5, 5.41) is 1.62. The van der Waals surface area contributed by atoms with Crippen LogP contribution >= 0.6 is 23.1 Å². The zero-order valence-electron chi connectivity index (χ0n) is 9.20. The molecule has 0 aromatic carbocycles. The van der Waals surface area contributed by atoms with E-state index in [1.165, 1.54) is 17.8 Å². The number of hydrogen-bond acceptors (Lipinski definition) is 5. The fourth-order valence-corrected chi connectivity index (χ4v) is 2.69. The first kappa shape index (κ1) is 11.3. The summed E-state index contributed by atoms with van der Waals surface area (Å²) >= 11 is 2.98. The summed E-state index contributed by atoms with van der Waals surface area (Å²) in [7, 11) is 0. The van der Waals surface area contributed by atoms with Crippen molar-refractivity contribution < 1.29 is 0 Å². The van der Waals surface area contributed by atoms with E-state index in [0.717, 1.165) is 15.6 Å². The molecule has 16 heavy (non-hydrogen) atoms. The van der Waals surface area contributed by atoms with Gasteiger partial charge in [0.2, 0.25) is 0 Å². The van der Waals surface area contributed by atoms with E-state index in [9.17, 15) is 4.79 Å². The van der Waals surface area contributed by atoms with Crippen molar-refractivity contribution >= 4 is 23.1 Å². The molecule has 0 bridgehead atoms. The molecule has 0 aliphatic carbocycles. The Hall–Kier alpha value is -1.14. The van der Waals surface area contributed by atoms with Crippen molar-refractivity contribution in [3.8, 4) is 10.6 Å². The molecule has 0 radical (unpaired) electrons. The number of aromatic nitrogens is 3. The van der Waals surface area contributed by atoms with Crippen molar-refractivity contribution in [2.75, 3.05) is 6.26 Å². The minimum absolute atomic E-state index is 0.125. The Balaban J connectivity index is 2.59. The highest BCUT2D eigenvalue weighted by Gasteiger charge is 2.10. The van der Waals surface area contributed by atoms with Gasteiger partial charge < -0.3 is 4.98 Å². The van der Waals surface area contributed by atoms with Gasteiger partial charge in [0.25, 0.3) is 5.56 Å². The lowest BCUT2D eigenvalue weighted by molar-refractivity contribution is 0.946. The molecule has 0 atom stereocenters. The van der Waals surface area contributed by atoms with Gasteiger partial charge in [0.15, 0.2) is 5.16 Å². The van der Waals surface area contributed by atoms with Crippen molar-refractivity contribution in [1.82, 2.24) is 15.0 Å². The standard InChI is InChI=1S/C10H11N3OS2/c1-5-9(16-6(2)11-5)7-4-8(14)13-10(12-7)15-3/h4H,1-3H3,(H,12,13,14). The van der Waals surface area contributed by atoms with Crippen molar-refractivity contribution in [2.24, 2.45) is 0 Å². The highest BCUT2D eigenvalue weighted by Crippen LogP contribution is 2.27. The second kappa shape index (κ2) is 4.39. The van der Waals surface area contributed by atoms with Gasteiger partial charge >= 0.3 is 0 Å². The minimum Gasteiger partial charge on any atom is -0.301 e. The highest BCUT2D eigenvalue weighted by molar-refractivity contribution is 7.98. The Bertz CT molecular complexity index is 574. The molecular formula is C10H11N3OS2. The zero-order valence-corrected chi connectivity index (χ0v) is 10.8. The summed E-state index contributed by atoms with van der Waals surface area (Å²) in [6.45, 7) is 3.88. The number of nitrogens with one attached hydrogen (secondary N) is 1. The van der Waals surface area contributed by atoms with Gasteiger partial charge in [-0.2, -0.15) is 0 Å². The average Bonchev–Trinajstić information content (AvgIpc) is 2.57. The van der Waals surface area contributed by atoms with Crippen LogP contribution in [0.2, 0.25) is 0 Å². The molecule has 0 aliphatic rings. The number of nitrogens with zero attached hydrogens (tertiary/aromatic N) is 2. The summed E-state index contributed by atoms with van der Waals surface area (Å²) in [5.41, 5.74) is 1.50. The van der Waals surface area contributed by atoms with Crippen LogP contribution in [0.15, 0.2) is 16.0 Å². The molecule has 1 N–H and O–H groups in total. The van der Waals surface area contributed by atoms with Crippen LogP contribution < -0.4 is 5.56 Å². The smallest absolute Gasteiger partial charge is 0.252 e. The molecule has 84 valence electrons. The van der Waals surface area contributed by atoms with E-state index >= 15 is 0 Å². The summed E-state index contributed by atoms with van der Waals surface area (Å²) in [6.07, 6.45) is 1.88. The molecule has 0 spiro atoms. The van der Waals surface area contributed by atoms with Gasteiger partial charge in [-0.25, -0.2) is 9.97 Å². The summed E-state index contributed by atoms with van der Waals surface area (Å²) in [4.78, 5) is 23.8. The van der Waals surface area contributed by atoms with Gasteiger partial charge in [-0.15, -0.1) is 11.3 Å². The van der Waals surface area contributed by atoms with E-state index in [0.29, 0.717) is 10.9 Å². The van der Waals surface area contributed by atoms with E-state index in [-0.39, 0.29) is 5.56 Å². The van der Waals surface area contributed by atoms with Crippen molar-refractivity contribution in [2.45, 2.75) is 19.0 Å². The van der Waals surface area contributed by atoms with Crippen LogP contribution in [0.5, 0.6) is 0 Å². The Morgan fingerprint density at radius 3 is 2.69 bits per heavy atom. The van der Waals surface area contributed by atoms with E-state index in [2.05, 4.69) is 15.0 Å². The number of thioether (sulfide) groups is 1. The molecule has 4 nitrogen and oxygen atoms in total. The van der Waals surface area contributed by atoms with Crippen molar-refractivity contribution in [3.63, 3.8) is 0 Å². The minimum atomic E-state index is -0.125. The second-order valence-corrected chi connectivity index (χ2v) is 5.29. The van der Waals surface area contributed by atoms with Gasteiger partial charge in [-0.3, -0.25) is 4.79 Å². The highest BCUT2D eigenvalue weighted by atomic mass is 32.2. The number of hydrogen-bond donors (Lipinski definition) is 1. The van der Waals surface area contributed by atoms with Crippen molar-refractivity contribution in [3.05, 3.63) is 27.1 Å². The first-order valence-corrected chi connectivity index (χ1v) is 6.74. The van der Waals surface area contributed by atoms with Crippen LogP contribution in [-0.2, 0) is 0 Å². The van der Waals surface area contributed by atoms with Gasteiger partial charge in [0.05, 0.1) is 21.3 Å². The summed E-state index contributed by atoms with van der Waals surface area (Å²) in [6, 6.07) is 1.51. The quantitative estimate of drug-likeness (QED) is 0.658. The van der Waals surface area contributed by atoms with Crippen LogP contribution in [0.1, 0.15) is 10.7 Å². The fourth-order valence-electron chi connectivity index (χ4n) is 1.42. The third kappa shape index (κ3) is 2.17. The molecule has 0 fully saturated rings. The molecular weight excluding hydrogens is 242 g/mol. The lowest BCUT2D eigenvalue weighted by Gasteiger charge is -2.00. The molecule has 2 aromatic heterocycles. The van der Waals surface area contributed by atoms with Gasteiger partial charge in [-0.05, 0) is 20.1 Å². The van der Waals surface area contributed by atoms with Crippen LogP contribution in [0.25, 0.3) is 10.6 Å². The number of aromatic amines is 1. The van der Waals surface area contributed by atoms with Crippen LogP contribution in [0.4, 0.5) is 0 Å². The maximum absolute atomic E-state index is 11.4. The van der Waals surface area contributed by atoms with E-state index in [4.69, 9.17) is 0 Å².